The molecule has 0 fully saturated rings. The summed E-state index contributed by atoms with van der Waals surface area (Å²) in [5.41, 5.74) is 7.61. The third-order valence-electron chi connectivity index (χ3n) is 3.27. The summed E-state index contributed by atoms with van der Waals surface area (Å²) in [6.07, 6.45) is 0.729. The van der Waals surface area contributed by atoms with Gasteiger partial charge in [0.25, 0.3) is 5.69 Å². The molecule has 1 unspecified atom stereocenters. The van der Waals surface area contributed by atoms with Crippen molar-refractivity contribution in [3.63, 3.8) is 0 Å². The van der Waals surface area contributed by atoms with Gasteiger partial charge in [-0.3, -0.25) is 10.1 Å². The smallest absolute Gasteiger partial charge is 0.336 e. The highest BCUT2D eigenvalue weighted by atomic mass is 16.6. The monoisotopic (exact) mass is 300 g/mol. The fourth-order valence-corrected chi connectivity index (χ4v) is 2.27. The molecule has 2 aromatic carbocycles. The van der Waals surface area contributed by atoms with Gasteiger partial charge in [-0.1, -0.05) is 24.3 Å². The van der Waals surface area contributed by atoms with Gasteiger partial charge in [0, 0.05) is 18.2 Å². The second kappa shape index (κ2) is 6.36. The molecular formula is C16H16N2O4. The lowest BCUT2D eigenvalue weighted by atomic mass is 9.97. The van der Waals surface area contributed by atoms with E-state index in [-0.39, 0.29) is 17.3 Å². The fourth-order valence-electron chi connectivity index (χ4n) is 2.27. The quantitative estimate of drug-likeness (QED) is 0.652. The van der Waals surface area contributed by atoms with Gasteiger partial charge >= 0.3 is 5.97 Å². The average Bonchev–Trinajstić information content (AvgIpc) is 2.46. The van der Waals surface area contributed by atoms with E-state index in [4.69, 9.17) is 5.73 Å². The molecule has 2 aromatic rings. The van der Waals surface area contributed by atoms with Crippen molar-refractivity contribution in [2.45, 2.75) is 19.4 Å². The van der Waals surface area contributed by atoms with E-state index in [2.05, 4.69) is 0 Å². The maximum Gasteiger partial charge on any atom is 0.336 e. The molecule has 0 aromatic heterocycles. The Bertz CT molecular complexity index is 709. The van der Waals surface area contributed by atoms with Gasteiger partial charge in [0.1, 0.15) is 0 Å². The molecule has 0 bridgehead atoms. The third kappa shape index (κ3) is 3.48. The molecule has 0 amide bonds. The topological polar surface area (TPSA) is 106 Å². The first-order valence-corrected chi connectivity index (χ1v) is 6.75. The van der Waals surface area contributed by atoms with Crippen molar-refractivity contribution in [1.29, 1.82) is 0 Å². The predicted octanol–water partition coefficient (Wildman–Crippen LogP) is 2.85. The maximum atomic E-state index is 11.3. The van der Waals surface area contributed by atoms with Gasteiger partial charge < -0.3 is 10.8 Å². The largest absolute Gasteiger partial charge is 0.478 e. The number of nitrogens with two attached hydrogens (primary N) is 1. The second-order valence-corrected chi connectivity index (χ2v) is 5.17. The average molecular weight is 300 g/mol. The van der Waals surface area contributed by atoms with Crippen molar-refractivity contribution in [3.8, 4) is 11.1 Å². The van der Waals surface area contributed by atoms with E-state index in [0.29, 0.717) is 11.1 Å². The van der Waals surface area contributed by atoms with Crippen molar-refractivity contribution >= 4 is 11.7 Å². The number of hydrogen-bond donors (Lipinski definition) is 2. The van der Waals surface area contributed by atoms with Crippen LogP contribution in [0.15, 0.2) is 42.5 Å². The van der Waals surface area contributed by atoms with E-state index >= 15 is 0 Å². The lowest BCUT2D eigenvalue weighted by Gasteiger charge is -2.09. The summed E-state index contributed by atoms with van der Waals surface area (Å²) in [5, 5.41) is 20.0. The van der Waals surface area contributed by atoms with Gasteiger partial charge in [-0.15, -0.1) is 0 Å². The van der Waals surface area contributed by atoms with E-state index in [1.54, 1.807) is 12.1 Å². The summed E-state index contributed by atoms with van der Waals surface area (Å²) in [6.45, 7) is 1.91. The molecule has 0 saturated carbocycles. The van der Waals surface area contributed by atoms with Crippen LogP contribution in [0.3, 0.4) is 0 Å². The van der Waals surface area contributed by atoms with Crippen LogP contribution in [0, 0.1) is 10.1 Å². The van der Waals surface area contributed by atoms with Crippen LogP contribution in [0.2, 0.25) is 0 Å². The third-order valence-corrected chi connectivity index (χ3v) is 3.27. The molecule has 0 saturated heterocycles. The van der Waals surface area contributed by atoms with Crippen LogP contribution >= 0.6 is 0 Å². The summed E-state index contributed by atoms with van der Waals surface area (Å²) in [4.78, 5) is 21.5. The number of nitro groups is 1. The molecular weight excluding hydrogens is 284 g/mol. The van der Waals surface area contributed by atoms with Gasteiger partial charge in [0.05, 0.1) is 10.5 Å². The van der Waals surface area contributed by atoms with Gasteiger partial charge in [0.15, 0.2) is 0 Å². The molecule has 0 heterocycles. The lowest BCUT2D eigenvalue weighted by Crippen LogP contribution is -2.17. The molecule has 3 N–H and O–H groups in total. The van der Waals surface area contributed by atoms with Crippen molar-refractivity contribution < 1.29 is 14.8 Å². The Hall–Kier alpha value is -2.73. The van der Waals surface area contributed by atoms with Gasteiger partial charge in [-0.2, -0.15) is 0 Å². The molecule has 22 heavy (non-hydrogen) atoms. The molecule has 0 aliphatic carbocycles. The van der Waals surface area contributed by atoms with Crippen LogP contribution in [0.25, 0.3) is 11.1 Å². The standard InChI is InChI=1S/C16H16N2O4/c1-10(17)8-11-2-4-12(5-3-11)14-7-6-13(18(21)22)9-15(14)16(19)20/h2-7,9-10H,8,17H2,1H3,(H,19,20). The summed E-state index contributed by atoms with van der Waals surface area (Å²) >= 11 is 0. The Morgan fingerprint density at radius 3 is 2.41 bits per heavy atom. The van der Waals surface area contributed by atoms with E-state index in [1.807, 2.05) is 19.1 Å². The van der Waals surface area contributed by atoms with Crippen LogP contribution in [0.5, 0.6) is 0 Å². The van der Waals surface area contributed by atoms with E-state index in [9.17, 15) is 20.0 Å². The molecule has 6 nitrogen and oxygen atoms in total. The SMILES string of the molecule is CC(N)Cc1ccc(-c2ccc([N+](=O)[O-])cc2C(=O)O)cc1. The number of nitrogens with zero attached hydrogens (tertiary/aromatic N) is 1. The van der Waals surface area contributed by atoms with Crippen molar-refractivity contribution in [2.24, 2.45) is 5.73 Å². The number of aromatic carboxylic acids is 1. The molecule has 2 rings (SSSR count). The normalized spacial score (nSPS) is 11.9. The Balaban J connectivity index is 2.43. The Morgan fingerprint density at radius 2 is 1.91 bits per heavy atom. The molecule has 0 aliphatic heterocycles. The number of rotatable bonds is 5. The number of carboxylic acids is 1. The number of benzene rings is 2. The van der Waals surface area contributed by atoms with Gasteiger partial charge in [-0.25, -0.2) is 4.79 Å². The first kappa shape index (κ1) is 15.7. The van der Waals surface area contributed by atoms with Crippen LogP contribution in [0.4, 0.5) is 5.69 Å². The maximum absolute atomic E-state index is 11.3. The van der Waals surface area contributed by atoms with Crippen LogP contribution in [0.1, 0.15) is 22.8 Å². The molecule has 0 spiro atoms. The van der Waals surface area contributed by atoms with Crippen LogP contribution in [-0.2, 0) is 6.42 Å². The fraction of sp³-hybridized carbons (Fsp3) is 0.188. The molecule has 6 heteroatoms. The Kier molecular flexibility index (Phi) is 4.53. The first-order chi connectivity index (χ1) is 10.4. The lowest BCUT2D eigenvalue weighted by molar-refractivity contribution is -0.384. The molecule has 0 aliphatic rings. The summed E-state index contributed by atoms with van der Waals surface area (Å²) < 4.78 is 0. The number of non-ortho nitro benzene ring substituents is 1. The predicted molar refractivity (Wildman–Crippen MR) is 82.8 cm³/mol. The Labute approximate surface area is 127 Å². The zero-order valence-electron chi connectivity index (χ0n) is 12.0. The van der Waals surface area contributed by atoms with Crippen molar-refractivity contribution in [2.75, 3.05) is 0 Å². The van der Waals surface area contributed by atoms with Crippen molar-refractivity contribution in [1.82, 2.24) is 0 Å². The van der Waals surface area contributed by atoms with Gasteiger partial charge in [0.2, 0.25) is 0 Å². The summed E-state index contributed by atoms with van der Waals surface area (Å²) in [7, 11) is 0. The number of nitro benzene ring substituents is 1. The summed E-state index contributed by atoms with van der Waals surface area (Å²) in [5.74, 6) is -1.20. The van der Waals surface area contributed by atoms with Crippen LogP contribution in [-0.4, -0.2) is 22.0 Å². The van der Waals surface area contributed by atoms with Crippen molar-refractivity contribution in [3.05, 3.63) is 63.7 Å². The molecule has 1 atom stereocenters. The summed E-state index contributed by atoms with van der Waals surface area (Å²) in [6, 6.07) is 11.2. The van der Waals surface area contributed by atoms with Crippen LogP contribution < -0.4 is 5.73 Å². The minimum Gasteiger partial charge on any atom is -0.478 e. The van der Waals surface area contributed by atoms with Gasteiger partial charge in [-0.05, 0) is 36.1 Å². The highest BCUT2D eigenvalue weighted by molar-refractivity contribution is 5.96. The number of carbonyl (C=O) groups is 1. The highest BCUT2D eigenvalue weighted by Crippen LogP contribution is 2.28. The zero-order valence-corrected chi connectivity index (χ0v) is 12.0. The van der Waals surface area contributed by atoms with E-state index in [1.165, 1.54) is 12.1 Å². The van der Waals surface area contributed by atoms with E-state index < -0.39 is 10.9 Å². The molecule has 114 valence electrons. The molecule has 0 radical (unpaired) electrons. The minimum absolute atomic E-state index is 0.0415. The first-order valence-electron chi connectivity index (χ1n) is 6.75. The Morgan fingerprint density at radius 1 is 1.27 bits per heavy atom. The minimum atomic E-state index is -1.20. The number of hydrogen-bond acceptors (Lipinski definition) is 4. The second-order valence-electron chi connectivity index (χ2n) is 5.17. The van der Waals surface area contributed by atoms with E-state index in [0.717, 1.165) is 18.1 Å². The number of carboxylic acid groups (broad SMARTS) is 1. The highest BCUT2D eigenvalue weighted by Gasteiger charge is 2.17. The zero-order chi connectivity index (χ0) is 16.3.